The van der Waals surface area contributed by atoms with Crippen molar-refractivity contribution in [1.82, 2.24) is 0 Å². The lowest BCUT2D eigenvalue weighted by Crippen LogP contribution is -2.69. The maximum absolute atomic E-state index is 6.40. The van der Waals surface area contributed by atoms with E-state index in [2.05, 4.69) is 20.8 Å². The van der Waals surface area contributed by atoms with Gasteiger partial charge in [0, 0.05) is 7.11 Å². The lowest BCUT2D eigenvalue weighted by molar-refractivity contribution is -0.00260. The fourth-order valence-electron chi connectivity index (χ4n) is 3.88. The van der Waals surface area contributed by atoms with Gasteiger partial charge in [0.25, 0.3) is 8.32 Å². The van der Waals surface area contributed by atoms with Gasteiger partial charge in [-0.1, -0.05) is 20.8 Å². The maximum atomic E-state index is 6.40. The summed E-state index contributed by atoms with van der Waals surface area (Å²) in [5.41, 5.74) is -0.0365. The summed E-state index contributed by atoms with van der Waals surface area (Å²) >= 11 is 0. The van der Waals surface area contributed by atoms with Crippen molar-refractivity contribution in [3.8, 4) is 0 Å². The van der Waals surface area contributed by atoms with Crippen LogP contribution in [0.25, 0.3) is 0 Å². The van der Waals surface area contributed by atoms with Gasteiger partial charge in [0.15, 0.2) is 0 Å². The van der Waals surface area contributed by atoms with Crippen LogP contribution in [0.3, 0.4) is 0 Å². The summed E-state index contributed by atoms with van der Waals surface area (Å²) in [6.45, 7) is 10.7. The second-order valence-corrected chi connectivity index (χ2v) is 11.7. The first-order chi connectivity index (χ1) is 13.2. The lowest BCUT2D eigenvalue weighted by Gasteiger charge is -2.46. The van der Waals surface area contributed by atoms with Crippen LogP contribution in [0.5, 0.6) is 0 Å². The molecule has 0 aliphatic carbocycles. The molecule has 8 heteroatoms. The molecule has 0 aromatic carbocycles. The molecular weight excluding hydrogens is 368 g/mol. The molecule has 7 nitrogen and oxygen atoms in total. The summed E-state index contributed by atoms with van der Waals surface area (Å²) in [7, 11) is -0.798. The molecule has 3 fully saturated rings. The Morgan fingerprint density at radius 2 is 1.00 bits per heavy atom. The Morgan fingerprint density at radius 1 is 0.704 bits per heavy atom. The van der Waals surface area contributed by atoms with Crippen molar-refractivity contribution < 1.29 is 32.8 Å². The van der Waals surface area contributed by atoms with E-state index in [1.165, 1.54) is 0 Å². The minimum Gasteiger partial charge on any atom is -0.413 e. The summed E-state index contributed by atoms with van der Waals surface area (Å²) in [6, 6.07) is 0. The van der Waals surface area contributed by atoms with E-state index in [1.54, 1.807) is 0 Å². The van der Waals surface area contributed by atoms with E-state index >= 15 is 0 Å². The number of hydrogen-bond donors (Lipinski definition) is 0. The van der Waals surface area contributed by atoms with Crippen LogP contribution in [0, 0.1) is 0 Å². The second-order valence-electron chi connectivity index (χ2n) is 7.61. The Kier molecular flexibility index (Phi) is 8.11. The zero-order valence-corrected chi connectivity index (χ0v) is 18.2. The molecular formula is C19H36O7Si. The van der Waals surface area contributed by atoms with E-state index < -0.39 is 8.32 Å². The second kappa shape index (κ2) is 10.1. The highest BCUT2D eigenvalue weighted by atomic mass is 28.4. The minimum absolute atomic E-state index is 0.0122. The standard InChI is InChI=1S/C19H36O7Si/c1-5-17(24-11-14-8-21-14)27(20-4,18(6-2)25-12-15-9-22-15)19(7-3)26-13-16-10-23-16/h14-19H,5-13H2,1-4H3. The molecule has 0 bridgehead atoms. The Bertz CT molecular complexity index is 380. The van der Waals surface area contributed by atoms with Gasteiger partial charge in [-0.25, -0.2) is 0 Å². The summed E-state index contributed by atoms with van der Waals surface area (Å²) in [4.78, 5) is 0. The van der Waals surface area contributed by atoms with Crippen LogP contribution in [0.15, 0.2) is 0 Å². The van der Waals surface area contributed by atoms with Crippen LogP contribution in [0.2, 0.25) is 0 Å². The predicted molar refractivity (Wildman–Crippen MR) is 102 cm³/mol. The van der Waals surface area contributed by atoms with Gasteiger partial charge in [0.05, 0.1) is 56.8 Å². The lowest BCUT2D eigenvalue weighted by atomic mass is 10.5. The molecule has 27 heavy (non-hydrogen) atoms. The minimum atomic E-state index is -2.61. The highest BCUT2D eigenvalue weighted by Crippen LogP contribution is 2.33. The van der Waals surface area contributed by atoms with Gasteiger partial charge in [0.2, 0.25) is 0 Å². The topological polar surface area (TPSA) is 74.5 Å². The molecule has 0 radical (unpaired) electrons. The van der Waals surface area contributed by atoms with Crippen LogP contribution >= 0.6 is 0 Å². The number of ether oxygens (including phenoxy) is 6. The van der Waals surface area contributed by atoms with Gasteiger partial charge in [-0.15, -0.1) is 0 Å². The predicted octanol–water partition coefficient (Wildman–Crippen LogP) is 1.78. The van der Waals surface area contributed by atoms with E-state index in [0.717, 1.165) is 39.1 Å². The first kappa shape index (κ1) is 21.6. The average Bonchev–Trinajstić information content (AvgIpc) is 3.54. The highest BCUT2D eigenvalue weighted by Gasteiger charge is 2.56. The van der Waals surface area contributed by atoms with Crippen molar-refractivity contribution in [3.63, 3.8) is 0 Å². The molecule has 158 valence electrons. The van der Waals surface area contributed by atoms with Gasteiger partial charge < -0.3 is 32.8 Å². The van der Waals surface area contributed by atoms with Gasteiger partial charge in [-0.05, 0) is 19.3 Å². The number of rotatable bonds is 16. The van der Waals surface area contributed by atoms with Crippen LogP contribution < -0.4 is 0 Å². The van der Waals surface area contributed by atoms with Crippen molar-refractivity contribution in [3.05, 3.63) is 0 Å². The van der Waals surface area contributed by atoms with Crippen molar-refractivity contribution in [2.75, 3.05) is 46.8 Å². The zero-order valence-electron chi connectivity index (χ0n) is 17.2. The molecule has 3 rings (SSSR count). The molecule has 0 N–H and O–H groups in total. The summed E-state index contributed by atoms with van der Waals surface area (Å²) in [5, 5.41) is 0. The Morgan fingerprint density at radius 3 is 1.19 bits per heavy atom. The van der Waals surface area contributed by atoms with Crippen LogP contribution in [0.4, 0.5) is 0 Å². The van der Waals surface area contributed by atoms with E-state index in [1.807, 2.05) is 7.11 Å². The molecule has 0 aromatic rings. The van der Waals surface area contributed by atoms with Gasteiger partial charge >= 0.3 is 0 Å². The number of epoxide rings is 3. The molecule has 6 unspecified atom stereocenters. The van der Waals surface area contributed by atoms with Crippen LogP contribution in [-0.4, -0.2) is 90.6 Å². The van der Waals surface area contributed by atoms with E-state index in [0.29, 0.717) is 19.8 Å². The zero-order chi connectivity index (χ0) is 19.3. The van der Waals surface area contributed by atoms with Crippen molar-refractivity contribution >= 4 is 8.32 Å². The molecule has 3 aliphatic rings. The molecule has 0 saturated carbocycles. The fraction of sp³-hybridized carbons (Fsp3) is 1.00. The summed E-state index contributed by atoms with van der Waals surface area (Å²) < 4.78 is 41.6. The van der Waals surface area contributed by atoms with Crippen molar-refractivity contribution in [2.24, 2.45) is 0 Å². The fourth-order valence-corrected chi connectivity index (χ4v) is 8.90. The Balaban J connectivity index is 1.78. The SMILES string of the molecule is CCC(OCC1CO1)[Si](OC)(C(CC)OCC1CO1)C(CC)OCC1CO1. The molecule has 0 amide bonds. The molecule has 3 aliphatic heterocycles. The average molecular weight is 405 g/mol. The van der Waals surface area contributed by atoms with Crippen molar-refractivity contribution in [1.29, 1.82) is 0 Å². The summed E-state index contributed by atoms with van der Waals surface area (Å²) in [6.07, 6.45) is 3.28. The van der Waals surface area contributed by atoms with Gasteiger partial charge in [-0.2, -0.15) is 0 Å². The molecule has 3 saturated heterocycles. The molecule has 3 heterocycles. The third kappa shape index (κ3) is 5.73. The van der Waals surface area contributed by atoms with E-state index in [-0.39, 0.29) is 35.5 Å². The Labute approximate surface area is 164 Å². The van der Waals surface area contributed by atoms with Crippen molar-refractivity contribution in [2.45, 2.75) is 75.5 Å². The highest BCUT2D eigenvalue weighted by molar-refractivity contribution is 6.77. The third-order valence-corrected chi connectivity index (χ3v) is 11.1. The van der Waals surface area contributed by atoms with Gasteiger partial charge in [-0.3, -0.25) is 0 Å². The first-order valence-corrected chi connectivity index (χ1v) is 12.6. The van der Waals surface area contributed by atoms with Gasteiger partial charge in [0.1, 0.15) is 18.3 Å². The normalized spacial score (nSPS) is 31.8. The monoisotopic (exact) mass is 404 g/mol. The molecule has 0 aromatic heterocycles. The van der Waals surface area contributed by atoms with E-state index in [9.17, 15) is 0 Å². The Hall–Kier alpha value is -0.0631. The van der Waals surface area contributed by atoms with Crippen LogP contribution in [-0.2, 0) is 32.8 Å². The molecule has 0 spiro atoms. The largest absolute Gasteiger partial charge is 0.413 e. The maximum Gasteiger partial charge on any atom is 0.277 e. The molecule has 6 atom stereocenters. The van der Waals surface area contributed by atoms with E-state index in [4.69, 9.17) is 32.8 Å². The van der Waals surface area contributed by atoms with Crippen LogP contribution in [0.1, 0.15) is 40.0 Å². The smallest absolute Gasteiger partial charge is 0.277 e. The number of hydrogen-bond acceptors (Lipinski definition) is 7. The third-order valence-electron chi connectivity index (χ3n) is 5.63. The first-order valence-electron chi connectivity index (χ1n) is 10.4. The quantitative estimate of drug-likeness (QED) is 0.287. The summed E-state index contributed by atoms with van der Waals surface area (Å²) in [5.74, 6) is 0.